The molecule has 0 aromatic rings. The summed E-state index contributed by atoms with van der Waals surface area (Å²) in [6.45, 7) is 5.09. The molecule has 13 heavy (non-hydrogen) atoms. The van der Waals surface area contributed by atoms with E-state index in [1.54, 1.807) is 11.0 Å². The second-order valence-electron chi connectivity index (χ2n) is 3.37. The van der Waals surface area contributed by atoms with Crippen LogP contribution < -0.4 is 0 Å². The second-order valence-corrected chi connectivity index (χ2v) is 3.74. The highest BCUT2D eigenvalue weighted by atomic mass is 32.1. The lowest BCUT2D eigenvalue weighted by Crippen LogP contribution is -2.32. The van der Waals surface area contributed by atoms with Gasteiger partial charge >= 0.3 is 0 Å². The molecule has 2 aliphatic rings. The fraction of sp³-hybridized carbons (Fsp3) is 0.556. The lowest BCUT2D eigenvalue weighted by atomic mass is 10.2. The van der Waals surface area contributed by atoms with E-state index in [9.17, 15) is 4.79 Å². The standard InChI is InChI=1S/C9H12N2OS/c1-2-5-11-8(12)7-4-3-6-10(7)9(11)13/h2,7H,1,3-6H2. The van der Waals surface area contributed by atoms with Crippen molar-refractivity contribution in [3.05, 3.63) is 12.7 Å². The highest BCUT2D eigenvalue weighted by molar-refractivity contribution is 7.80. The monoisotopic (exact) mass is 196 g/mol. The molecule has 1 atom stereocenters. The molecule has 0 bridgehead atoms. The van der Waals surface area contributed by atoms with Crippen molar-refractivity contribution in [2.75, 3.05) is 13.1 Å². The van der Waals surface area contributed by atoms with E-state index in [1.165, 1.54) is 0 Å². The number of nitrogens with zero attached hydrogens (tertiary/aromatic N) is 2. The first kappa shape index (κ1) is 8.69. The highest BCUT2D eigenvalue weighted by Crippen LogP contribution is 2.27. The zero-order valence-electron chi connectivity index (χ0n) is 7.40. The van der Waals surface area contributed by atoms with Gasteiger partial charge in [0.15, 0.2) is 5.11 Å². The smallest absolute Gasteiger partial charge is 0.251 e. The zero-order valence-corrected chi connectivity index (χ0v) is 8.22. The van der Waals surface area contributed by atoms with Crippen molar-refractivity contribution in [1.29, 1.82) is 0 Å². The number of thiocarbonyl (C=S) groups is 1. The first-order chi connectivity index (χ1) is 6.25. The van der Waals surface area contributed by atoms with Crippen LogP contribution in [0.15, 0.2) is 12.7 Å². The average molecular weight is 196 g/mol. The minimum absolute atomic E-state index is 0.0347. The summed E-state index contributed by atoms with van der Waals surface area (Å²) in [5.74, 6) is 0.155. The van der Waals surface area contributed by atoms with Crippen molar-refractivity contribution >= 4 is 23.2 Å². The number of hydrogen-bond acceptors (Lipinski definition) is 2. The average Bonchev–Trinajstić information content (AvgIpc) is 2.66. The van der Waals surface area contributed by atoms with Crippen molar-refractivity contribution in [2.45, 2.75) is 18.9 Å². The van der Waals surface area contributed by atoms with Gasteiger partial charge in [-0.05, 0) is 25.1 Å². The SMILES string of the molecule is C=CCN1C(=O)C2CCCN2C1=S. The number of carbonyl (C=O) groups is 1. The molecule has 0 aromatic carbocycles. The molecule has 0 spiro atoms. The molecule has 2 fully saturated rings. The predicted molar refractivity (Wildman–Crippen MR) is 54.2 cm³/mol. The van der Waals surface area contributed by atoms with Crippen molar-refractivity contribution in [3.63, 3.8) is 0 Å². The third-order valence-electron chi connectivity index (χ3n) is 2.59. The van der Waals surface area contributed by atoms with E-state index in [-0.39, 0.29) is 11.9 Å². The zero-order chi connectivity index (χ0) is 9.42. The van der Waals surface area contributed by atoms with Gasteiger partial charge in [-0.1, -0.05) is 6.08 Å². The van der Waals surface area contributed by atoms with Gasteiger partial charge in [0.1, 0.15) is 6.04 Å². The normalized spacial score (nSPS) is 26.9. The molecular weight excluding hydrogens is 184 g/mol. The van der Waals surface area contributed by atoms with Crippen LogP contribution >= 0.6 is 12.2 Å². The third kappa shape index (κ3) is 1.16. The van der Waals surface area contributed by atoms with Crippen LogP contribution in [-0.4, -0.2) is 40.0 Å². The Bertz CT molecular complexity index is 255. The fourth-order valence-electron chi connectivity index (χ4n) is 1.98. The van der Waals surface area contributed by atoms with E-state index >= 15 is 0 Å². The van der Waals surface area contributed by atoms with Gasteiger partial charge in [-0.25, -0.2) is 0 Å². The Labute approximate surface area is 83.0 Å². The van der Waals surface area contributed by atoms with E-state index in [0.29, 0.717) is 11.7 Å². The summed E-state index contributed by atoms with van der Waals surface area (Å²) in [5, 5.41) is 0.687. The van der Waals surface area contributed by atoms with Crippen LogP contribution in [0.4, 0.5) is 0 Å². The quantitative estimate of drug-likeness (QED) is 0.481. The first-order valence-electron chi connectivity index (χ1n) is 4.48. The molecule has 2 aliphatic heterocycles. The van der Waals surface area contributed by atoms with E-state index in [2.05, 4.69) is 6.58 Å². The fourth-order valence-corrected chi connectivity index (χ4v) is 2.36. The molecule has 3 nitrogen and oxygen atoms in total. The molecule has 2 saturated heterocycles. The molecule has 1 unspecified atom stereocenters. The van der Waals surface area contributed by atoms with Gasteiger partial charge in [-0.3, -0.25) is 9.69 Å². The van der Waals surface area contributed by atoms with Gasteiger partial charge in [0, 0.05) is 13.1 Å². The molecule has 0 N–H and O–H groups in total. The van der Waals surface area contributed by atoms with Crippen LogP contribution in [0.25, 0.3) is 0 Å². The number of carbonyl (C=O) groups excluding carboxylic acids is 1. The maximum Gasteiger partial charge on any atom is 0.251 e. The van der Waals surface area contributed by atoms with Crippen molar-refractivity contribution in [2.24, 2.45) is 0 Å². The summed E-state index contributed by atoms with van der Waals surface area (Å²) >= 11 is 5.20. The Balaban J connectivity index is 2.21. The van der Waals surface area contributed by atoms with Gasteiger partial charge in [-0.2, -0.15) is 0 Å². The van der Waals surface area contributed by atoms with Gasteiger partial charge < -0.3 is 4.90 Å². The van der Waals surface area contributed by atoms with Crippen molar-refractivity contribution in [1.82, 2.24) is 9.80 Å². The third-order valence-corrected chi connectivity index (χ3v) is 3.05. The highest BCUT2D eigenvalue weighted by Gasteiger charge is 2.43. The number of amides is 1. The molecule has 0 aliphatic carbocycles. The number of fused-ring (bicyclic) bond motifs is 1. The molecule has 2 heterocycles. The van der Waals surface area contributed by atoms with E-state index < -0.39 is 0 Å². The molecular formula is C9H12N2OS. The Morgan fingerprint density at radius 2 is 2.46 bits per heavy atom. The second kappa shape index (κ2) is 3.10. The van der Waals surface area contributed by atoms with Crippen LogP contribution in [0.1, 0.15) is 12.8 Å². The Morgan fingerprint density at radius 3 is 3.08 bits per heavy atom. The Morgan fingerprint density at radius 1 is 1.69 bits per heavy atom. The minimum atomic E-state index is 0.0347. The lowest BCUT2D eigenvalue weighted by Gasteiger charge is -2.16. The Kier molecular flexibility index (Phi) is 2.07. The van der Waals surface area contributed by atoms with Gasteiger partial charge in [0.05, 0.1) is 0 Å². The van der Waals surface area contributed by atoms with Crippen LogP contribution in [0.5, 0.6) is 0 Å². The largest absolute Gasteiger partial charge is 0.337 e. The van der Waals surface area contributed by atoms with E-state index in [1.807, 2.05) is 4.90 Å². The summed E-state index contributed by atoms with van der Waals surface area (Å²) in [5.41, 5.74) is 0. The lowest BCUT2D eigenvalue weighted by molar-refractivity contribution is -0.127. The van der Waals surface area contributed by atoms with Gasteiger partial charge in [0.25, 0.3) is 5.91 Å². The topological polar surface area (TPSA) is 23.6 Å². The molecule has 0 saturated carbocycles. The predicted octanol–water partition coefficient (Wildman–Crippen LogP) is 0.764. The summed E-state index contributed by atoms with van der Waals surface area (Å²) in [4.78, 5) is 15.4. The molecule has 70 valence electrons. The maximum absolute atomic E-state index is 11.7. The maximum atomic E-state index is 11.7. The molecule has 0 radical (unpaired) electrons. The number of rotatable bonds is 2. The van der Waals surface area contributed by atoms with Gasteiger partial charge in [-0.15, -0.1) is 6.58 Å². The Hall–Kier alpha value is -0.900. The van der Waals surface area contributed by atoms with E-state index in [0.717, 1.165) is 19.4 Å². The molecule has 2 rings (SSSR count). The van der Waals surface area contributed by atoms with Crippen LogP contribution in [0.3, 0.4) is 0 Å². The summed E-state index contributed by atoms with van der Waals surface area (Å²) in [6, 6.07) is 0.0347. The first-order valence-corrected chi connectivity index (χ1v) is 4.89. The summed E-state index contributed by atoms with van der Waals surface area (Å²) in [6.07, 6.45) is 3.75. The van der Waals surface area contributed by atoms with Crippen LogP contribution in [0, 0.1) is 0 Å². The molecule has 4 heteroatoms. The van der Waals surface area contributed by atoms with Crippen molar-refractivity contribution in [3.8, 4) is 0 Å². The van der Waals surface area contributed by atoms with Crippen molar-refractivity contribution < 1.29 is 4.79 Å². The summed E-state index contributed by atoms with van der Waals surface area (Å²) < 4.78 is 0. The van der Waals surface area contributed by atoms with E-state index in [4.69, 9.17) is 12.2 Å². The van der Waals surface area contributed by atoms with Gasteiger partial charge in [0.2, 0.25) is 0 Å². The molecule has 1 amide bonds. The van der Waals surface area contributed by atoms with Crippen LogP contribution in [0.2, 0.25) is 0 Å². The summed E-state index contributed by atoms with van der Waals surface area (Å²) in [7, 11) is 0. The number of hydrogen-bond donors (Lipinski definition) is 0. The van der Waals surface area contributed by atoms with Crippen LogP contribution in [-0.2, 0) is 4.79 Å². The molecule has 0 aromatic heterocycles. The minimum Gasteiger partial charge on any atom is -0.337 e.